The maximum Gasteiger partial charge on any atom is 0.238 e. The van der Waals surface area contributed by atoms with Gasteiger partial charge in [-0.1, -0.05) is 24.3 Å². The molecule has 3 aromatic rings. The molecule has 0 radical (unpaired) electrons. The molecule has 3 heterocycles. The van der Waals surface area contributed by atoms with Crippen LogP contribution in [0.4, 0.5) is 5.69 Å². The lowest BCUT2D eigenvalue weighted by Gasteiger charge is -2.15. The van der Waals surface area contributed by atoms with Crippen molar-refractivity contribution < 1.29 is 9.90 Å². The summed E-state index contributed by atoms with van der Waals surface area (Å²) in [7, 11) is 1.82. The molecule has 1 aliphatic heterocycles. The molecule has 28 heavy (non-hydrogen) atoms. The Morgan fingerprint density at radius 2 is 2.07 bits per heavy atom. The Hall–Kier alpha value is -2.77. The van der Waals surface area contributed by atoms with Crippen molar-refractivity contribution in [3.05, 3.63) is 54.0 Å². The number of benzene rings is 1. The highest BCUT2D eigenvalue weighted by molar-refractivity contribution is 5.92. The summed E-state index contributed by atoms with van der Waals surface area (Å²) >= 11 is 0. The van der Waals surface area contributed by atoms with E-state index < -0.39 is 6.10 Å². The fraction of sp³-hybridized carbons (Fsp3) is 0.381. The van der Waals surface area contributed by atoms with Crippen molar-refractivity contribution in [2.24, 2.45) is 13.0 Å². The van der Waals surface area contributed by atoms with Gasteiger partial charge in [0.25, 0.3) is 0 Å². The van der Waals surface area contributed by atoms with Gasteiger partial charge >= 0.3 is 0 Å². The van der Waals surface area contributed by atoms with E-state index in [0.717, 1.165) is 28.0 Å². The standard InChI is InChI=1S/C21H25N5O2/c1-14-19(11-25(2)24-14)23-21(28)13-26-10-16(20(27)12-26)9-17-8-7-15-5-3-4-6-18(15)22-17/h3-8,11,16,20,27H,9-10,12-13H2,1-2H3,(H,23,28)/t16-,20-/m1/s1. The molecule has 0 unspecified atom stereocenters. The largest absolute Gasteiger partial charge is 0.391 e. The molecular formula is C21H25N5O2. The molecule has 146 valence electrons. The van der Waals surface area contributed by atoms with Gasteiger partial charge < -0.3 is 10.4 Å². The summed E-state index contributed by atoms with van der Waals surface area (Å²) in [5, 5.41) is 18.7. The summed E-state index contributed by atoms with van der Waals surface area (Å²) in [5.41, 5.74) is 3.46. The maximum absolute atomic E-state index is 12.4. The number of carbonyl (C=O) groups excluding carboxylic acids is 1. The first-order valence-corrected chi connectivity index (χ1v) is 9.53. The fourth-order valence-corrected chi connectivity index (χ4v) is 3.88. The van der Waals surface area contributed by atoms with Gasteiger partial charge in [-0.15, -0.1) is 0 Å². The summed E-state index contributed by atoms with van der Waals surface area (Å²) in [6.07, 6.45) is 2.03. The Bertz CT molecular complexity index is 999. The zero-order valence-corrected chi connectivity index (χ0v) is 16.2. The third kappa shape index (κ3) is 4.05. The Morgan fingerprint density at radius 1 is 1.25 bits per heavy atom. The quantitative estimate of drug-likeness (QED) is 0.706. The van der Waals surface area contributed by atoms with E-state index in [2.05, 4.69) is 16.5 Å². The van der Waals surface area contributed by atoms with E-state index >= 15 is 0 Å². The van der Waals surface area contributed by atoms with Crippen LogP contribution in [0.25, 0.3) is 10.9 Å². The first-order chi connectivity index (χ1) is 13.5. The van der Waals surface area contributed by atoms with Crippen LogP contribution in [0.1, 0.15) is 11.4 Å². The number of β-amino-alcohol motifs (C(OH)–C–C–N with tert-alkyl or cyclic N) is 1. The predicted octanol–water partition coefficient (Wildman–Crippen LogP) is 1.75. The van der Waals surface area contributed by atoms with Gasteiger partial charge in [-0.05, 0) is 25.5 Å². The molecule has 2 N–H and O–H groups in total. The van der Waals surface area contributed by atoms with Crippen LogP contribution in [0.15, 0.2) is 42.6 Å². The lowest BCUT2D eigenvalue weighted by molar-refractivity contribution is -0.117. The summed E-state index contributed by atoms with van der Waals surface area (Å²) in [4.78, 5) is 19.1. The highest BCUT2D eigenvalue weighted by Gasteiger charge is 2.32. The van der Waals surface area contributed by atoms with E-state index in [1.807, 2.05) is 49.2 Å². The van der Waals surface area contributed by atoms with Gasteiger partial charge in [-0.2, -0.15) is 5.10 Å². The minimum Gasteiger partial charge on any atom is -0.391 e. The second-order valence-corrected chi connectivity index (χ2v) is 7.57. The molecule has 1 aromatic carbocycles. The van der Waals surface area contributed by atoms with E-state index in [9.17, 15) is 9.90 Å². The number of hydrogen-bond donors (Lipinski definition) is 2. The number of carbonyl (C=O) groups is 1. The zero-order valence-electron chi connectivity index (χ0n) is 16.2. The number of pyridine rings is 1. The van der Waals surface area contributed by atoms with Crippen LogP contribution in [-0.4, -0.2) is 56.4 Å². The number of rotatable bonds is 5. The van der Waals surface area contributed by atoms with Crippen LogP contribution in [-0.2, 0) is 18.3 Å². The lowest BCUT2D eigenvalue weighted by Crippen LogP contribution is -2.32. The predicted molar refractivity (Wildman–Crippen MR) is 108 cm³/mol. The molecular weight excluding hydrogens is 354 g/mol. The number of fused-ring (bicyclic) bond motifs is 1. The van der Waals surface area contributed by atoms with E-state index in [4.69, 9.17) is 4.98 Å². The number of nitrogens with one attached hydrogen (secondary N) is 1. The van der Waals surface area contributed by atoms with Gasteiger partial charge in [-0.25, -0.2) is 0 Å². The Labute approximate surface area is 164 Å². The number of amides is 1. The van der Waals surface area contributed by atoms with Crippen LogP contribution < -0.4 is 5.32 Å². The van der Waals surface area contributed by atoms with E-state index in [-0.39, 0.29) is 18.4 Å². The topological polar surface area (TPSA) is 83.3 Å². The molecule has 1 aliphatic rings. The number of aliphatic hydroxyl groups is 1. The molecule has 4 rings (SSSR count). The Morgan fingerprint density at radius 3 is 2.86 bits per heavy atom. The molecule has 7 nitrogen and oxygen atoms in total. The molecule has 1 amide bonds. The number of aromatic nitrogens is 3. The highest BCUT2D eigenvalue weighted by Crippen LogP contribution is 2.22. The van der Waals surface area contributed by atoms with E-state index in [0.29, 0.717) is 19.5 Å². The number of likely N-dealkylation sites (tertiary alicyclic amines) is 1. The SMILES string of the molecule is Cc1nn(C)cc1NC(=O)CN1C[C@@H](Cc2ccc3ccccc3n2)[C@H](O)C1. The van der Waals surface area contributed by atoms with Gasteiger partial charge in [0.05, 0.1) is 29.5 Å². The summed E-state index contributed by atoms with van der Waals surface area (Å²) < 4.78 is 1.68. The van der Waals surface area contributed by atoms with Crippen LogP contribution in [0.3, 0.4) is 0 Å². The highest BCUT2D eigenvalue weighted by atomic mass is 16.3. The lowest BCUT2D eigenvalue weighted by atomic mass is 9.99. The maximum atomic E-state index is 12.4. The Balaban J connectivity index is 1.35. The van der Waals surface area contributed by atoms with Crippen molar-refractivity contribution in [2.45, 2.75) is 19.4 Å². The molecule has 0 bridgehead atoms. The van der Waals surface area contributed by atoms with Crippen LogP contribution in [0, 0.1) is 12.8 Å². The third-order valence-corrected chi connectivity index (χ3v) is 5.26. The number of aliphatic hydroxyl groups excluding tert-OH is 1. The third-order valence-electron chi connectivity index (χ3n) is 5.26. The van der Waals surface area contributed by atoms with Crippen molar-refractivity contribution in [3.63, 3.8) is 0 Å². The average Bonchev–Trinajstić information content (AvgIpc) is 3.15. The van der Waals surface area contributed by atoms with Crippen LogP contribution in [0.2, 0.25) is 0 Å². The van der Waals surface area contributed by atoms with Crippen molar-refractivity contribution >= 4 is 22.5 Å². The number of anilines is 1. The fourth-order valence-electron chi connectivity index (χ4n) is 3.88. The van der Waals surface area contributed by atoms with Crippen LogP contribution >= 0.6 is 0 Å². The Kier molecular flexibility index (Phi) is 5.11. The number of hydrogen-bond acceptors (Lipinski definition) is 5. The van der Waals surface area contributed by atoms with Crippen molar-refractivity contribution in [1.29, 1.82) is 0 Å². The summed E-state index contributed by atoms with van der Waals surface area (Å²) in [6.45, 7) is 3.29. The molecule has 1 saturated heterocycles. The molecule has 2 aromatic heterocycles. The van der Waals surface area contributed by atoms with Crippen molar-refractivity contribution in [1.82, 2.24) is 19.7 Å². The minimum atomic E-state index is -0.457. The second kappa shape index (κ2) is 7.69. The molecule has 0 aliphatic carbocycles. The minimum absolute atomic E-state index is 0.0709. The monoisotopic (exact) mass is 379 g/mol. The molecule has 1 fully saturated rings. The normalized spacial score (nSPS) is 20.0. The number of para-hydroxylation sites is 1. The molecule has 0 spiro atoms. The first-order valence-electron chi connectivity index (χ1n) is 9.53. The first kappa shape index (κ1) is 18.6. The van der Waals surface area contributed by atoms with Gasteiger partial charge in [0, 0.05) is 43.3 Å². The smallest absolute Gasteiger partial charge is 0.238 e. The van der Waals surface area contributed by atoms with Gasteiger partial charge in [0.15, 0.2) is 0 Å². The van der Waals surface area contributed by atoms with Gasteiger partial charge in [0.2, 0.25) is 5.91 Å². The van der Waals surface area contributed by atoms with Crippen molar-refractivity contribution in [2.75, 3.05) is 25.0 Å². The van der Waals surface area contributed by atoms with Gasteiger partial charge in [0.1, 0.15) is 0 Å². The molecule has 7 heteroatoms. The average molecular weight is 379 g/mol. The number of aryl methyl sites for hydroxylation is 2. The zero-order chi connectivity index (χ0) is 19.7. The molecule has 0 saturated carbocycles. The summed E-state index contributed by atoms with van der Waals surface area (Å²) in [5.74, 6) is -0.0191. The molecule has 2 atom stereocenters. The van der Waals surface area contributed by atoms with Gasteiger partial charge in [-0.3, -0.25) is 19.4 Å². The second-order valence-electron chi connectivity index (χ2n) is 7.57. The van der Waals surface area contributed by atoms with Crippen LogP contribution in [0.5, 0.6) is 0 Å². The van der Waals surface area contributed by atoms with E-state index in [1.165, 1.54) is 0 Å². The van der Waals surface area contributed by atoms with Crippen molar-refractivity contribution in [3.8, 4) is 0 Å². The summed E-state index contributed by atoms with van der Waals surface area (Å²) in [6, 6.07) is 12.1. The number of nitrogens with zero attached hydrogens (tertiary/aromatic N) is 4. The van der Waals surface area contributed by atoms with E-state index in [1.54, 1.807) is 10.9 Å².